The molecule has 1 aromatic rings. The van der Waals surface area contributed by atoms with Gasteiger partial charge in [0.25, 0.3) is 0 Å². The summed E-state index contributed by atoms with van der Waals surface area (Å²) in [4.78, 5) is 26.5. The Hall–Kier alpha value is -2.02. The number of nitrogens with one attached hydrogen (secondary N) is 2. The van der Waals surface area contributed by atoms with Crippen molar-refractivity contribution < 1.29 is 18.4 Å². The van der Waals surface area contributed by atoms with Gasteiger partial charge in [0, 0.05) is 18.7 Å². The SMILES string of the molecule is O=C(NCc1c(F)cccc1F)[C@@H]1CCCN1C(=O)[C@@H]1CCCN1. The lowest BCUT2D eigenvalue weighted by molar-refractivity contribution is -0.139. The van der Waals surface area contributed by atoms with E-state index in [1.54, 1.807) is 4.90 Å². The molecule has 2 saturated heterocycles. The molecule has 2 fully saturated rings. The topological polar surface area (TPSA) is 61.4 Å². The van der Waals surface area contributed by atoms with Crippen LogP contribution in [-0.4, -0.2) is 41.9 Å². The van der Waals surface area contributed by atoms with Crippen LogP contribution >= 0.6 is 0 Å². The average molecular weight is 337 g/mol. The molecular weight excluding hydrogens is 316 g/mol. The maximum Gasteiger partial charge on any atom is 0.243 e. The van der Waals surface area contributed by atoms with Crippen molar-refractivity contribution in [3.05, 3.63) is 35.4 Å². The Morgan fingerprint density at radius 2 is 1.96 bits per heavy atom. The van der Waals surface area contributed by atoms with Crippen LogP contribution in [0.5, 0.6) is 0 Å². The third kappa shape index (κ3) is 3.40. The predicted octanol–water partition coefficient (Wildman–Crippen LogP) is 1.32. The van der Waals surface area contributed by atoms with Gasteiger partial charge in [0.1, 0.15) is 17.7 Å². The quantitative estimate of drug-likeness (QED) is 0.871. The van der Waals surface area contributed by atoms with Crippen molar-refractivity contribution >= 4 is 11.8 Å². The number of hydrogen-bond acceptors (Lipinski definition) is 3. The standard InChI is InChI=1S/C17H21F2N3O2/c18-12-4-1-5-13(19)11(12)10-21-16(23)15-7-3-9-22(15)17(24)14-6-2-8-20-14/h1,4-5,14-15,20H,2-3,6-10H2,(H,21,23)/t14-,15-/m0/s1. The first-order valence-corrected chi connectivity index (χ1v) is 8.32. The summed E-state index contributed by atoms with van der Waals surface area (Å²) in [6.07, 6.45) is 3.06. The van der Waals surface area contributed by atoms with Gasteiger partial charge in [-0.15, -0.1) is 0 Å². The molecule has 2 heterocycles. The number of rotatable bonds is 4. The molecule has 2 atom stereocenters. The number of nitrogens with zero attached hydrogens (tertiary/aromatic N) is 1. The minimum Gasteiger partial charge on any atom is -0.350 e. The monoisotopic (exact) mass is 337 g/mol. The zero-order valence-corrected chi connectivity index (χ0v) is 13.4. The summed E-state index contributed by atoms with van der Waals surface area (Å²) in [5.41, 5.74) is -0.167. The van der Waals surface area contributed by atoms with Crippen LogP contribution in [0.15, 0.2) is 18.2 Å². The number of amides is 2. The Balaban J connectivity index is 1.62. The van der Waals surface area contributed by atoms with Gasteiger partial charge in [0.15, 0.2) is 0 Å². The summed E-state index contributed by atoms with van der Waals surface area (Å²) in [7, 11) is 0. The minimum atomic E-state index is -0.690. The van der Waals surface area contributed by atoms with Crippen LogP contribution in [0, 0.1) is 11.6 Å². The van der Waals surface area contributed by atoms with Gasteiger partial charge in [0.2, 0.25) is 11.8 Å². The van der Waals surface area contributed by atoms with Crippen molar-refractivity contribution in [1.82, 2.24) is 15.5 Å². The number of halogens is 2. The molecule has 0 spiro atoms. The number of carbonyl (C=O) groups is 2. The first-order valence-electron chi connectivity index (χ1n) is 8.32. The van der Waals surface area contributed by atoms with Crippen molar-refractivity contribution in [1.29, 1.82) is 0 Å². The Bertz CT molecular complexity index is 612. The fourth-order valence-corrected chi connectivity index (χ4v) is 3.39. The second kappa shape index (κ2) is 7.25. The van der Waals surface area contributed by atoms with Crippen molar-refractivity contribution in [2.75, 3.05) is 13.1 Å². The number of likely N-dealkylation sites (tertiary alicyclic amines) is 1. The van der Waals surface area contributed by atoms with E-state index in [2.05, 4.69) is 10.6 Å². The fourth-order valence-electron chi connectivity index (χ4n) is 3.39. The highest BCUT2D eigenvalue weighted by Crippen LogP contribution is 2.21. The predicted molar refractivity (Wildman–Crippen MR) is 84.0 cm³/mol. The van der Waals surface area contributed by atoms with E-state index in [1.807, 2.05) is 0 Å². The van der Waals surface area contributed by atoms with Gasteiger partial charge in [0.05, 0.1) is 6.04 Å². The van der Waals surface area contributed by atoms with E-state index < -0.39 is 17.7 Å². The first-order chi connectivity index (χ1) is 11.6. The Kier molecular flexibility index (Phi) is 5.08. The molecule has 2 aliphatic rings. The summed E-state index contributed by atoms with van der Waals surface area (Å²) < 4.78 is 27.2. The van der Waals surface area contributed by atoms with Gasteiger partial charge in [-0.2, -0.15) is 0 Å². The van der Waals surface area contributed by atoms with Crippen LogP contribution < -0.4 is 10.6 Å². The summed E-state index contributed by atoms with van der Waals surface area (Å²) >= 11 is 0. The number of carbonyl (C=O) groups excluding carboxylic acids is 2. The highest BCUT2D eigenvalue weighted by atomic mass is 19.1. The van der Waals surface area contributed by atoms with Crippen LogP contribution in [0.2, 0.25) is 0 Å². The Morgan fingerprint density at radius 1 is 1.21 bits per heavy atom. The summed E-state index contributed by atoms with van der Waals surface area (Å²) in [6.45, 7) is 1.13. The van der Waals surface area contributed by atoms with Crippen molar-refractivity contribution in [3.8, 4) is 0 Å². The molecule has 2 N–H and O–H groups in total. The number of benzene rings is 1. The lowest BCUT2D eigenvalue weighted by Crippen LogP contribution is -2.51. The second-order valence-corrected chi connectivity index (χ2v) is 6.26. The van der Waals surface area contributed by atoms with Gasteiger partial charge in [-0.05, 0) is 44.4 Å². The summed E-state index contributed by atoms with van der Waals surface area (Å²) in [5.74, 6) is -1.79. The lowest BCUT2D eigenvalue weighted by atomic mass is 10.1. The molecule has 2 amide bonds. The van der Waals surface area contributed by atoms with E-state index in [9.17, 15) is 18.4 Å². The van der Waals surface area contributed by atoms with E-state index >= 15 is 0 Å². The molecule has 3 rings (SSSR count). The normalized spacial score (nSPS) is 23.5. The third-order valence-electron chi connectivity index (χ3n) is 4.70. The van der Waals surface area contributed by atoms with Crippen LogP contribution in [-0.2, 0) is 16.1 Å². The van der Waals surface area contributed by atoms with Gasteiger partial charge >= 0.3 is 0 Å². The molecule has 0 aliphatic carbocycles. The van der Waals surface area contributed by atoms with Gasteiger partial charge in [-0.3, -0.25) is 9.59 Å². The molecule has 0 saturated carbocycles. The van der Waals surface area contributed by atoms with Crippen molar-refractivity contribution in [2.24, 2.45) is 0 Å². The summed E-state index contributed by atoms with van der Waals surface area (Å²) in [5, 5.41) is 5.71. The largest absolute Gasteiger partial charge is 0.350 e. The molecule has 0 bridgehead atoms. The van der Waals surface area contributed by atoms with Crippen molar-refractivity contribution in [3.63, 3.8) is 0 Å². The molecule has 5 nitrogen and oxygen atoms in total. The minimum absolute atomic E-state index is 0.0535. The molecule has 24 heavy (non-hydrogen) atoms. The lowest BCUT2D eigenvalue weighted by Gasteiger charge is -2.26. The van der Waals surface area contributed by atoms with Crippen LogP contribution in [0.25, 0.3) is 0 Å². The smallest absolute Gasteiger partial charge is 0.243 e. The molecule has 1 aromatic carbocycles. The van der Waals surface area contributed by atoms with E-state index in [4.69, 9.17) is 0 Å². The zero-order valence-electron chi connectivity index (χ0n) is 13.4. The van der Waals surface area contributed by atoms with Crippen LogP contribution in [0.3, 0.4) is 0 Å². The molecule has 0 unspecified atom stereocenters. The third-order valence-corrected chi connectivity index (χ3v) is 4.70. The molecule has 130 valence electrons. The maximum atomic E-state index is 13.6. The molecule has 7 heteroatoms. The van der Waals surface area contributed by atoms with Gasteiger partial charge in [-0.1, -0.05) is 6.07 Å². The average Bonchev–Trinajstić information content (AvgIpc) is 3.25. The fraction of sp³-hybridized carbons (Fsp3) is 0.529. The molecule has 2 aliphatic heterocycles. The second-order valence-electron chi connectivity index (χ2n) is 6.26. The molecule has 0 aromatic heterocycles. The first kappa shape index (κ1) is 16.8. The number of hydrogen-bond donors (Lipinski definition) is 2. The van der Waals surface area contributed by atoms with E-state index in [0.717, 1.165) is 37.9 Å². The van der Waals surface area contributed by atoms with Gasteiger partial charge in [-0.25, -0.2) is 8.78 Å². The van der Waals surface area contributed by atoms with Crippen molar-refractivity contribution in [2.45, 2.75) is 44.3 Å². The molecular formula is C17H21F2N3O2. The van der Waals surface area contributed by atoms with Crippen LogP contribution in [0.1, 0.15) is 31.2 Å². The highest BCUT2D eigenvalue weighted by molar-refractivity contribution is 5.90. The van der Waals surface area contributed by atoms with E-state index in [-0.39, 0.29) is 30.0 Å². The highest BCUT2D eigenvalue weighted by Gasteiger charge is 2.37. The maximum absolute atomic E-state index is 13.6. The zero-order chi connectivity index (χ0) is 17.1. The van der Waals surface area contributed by atoms with E-state index in [0.29, 0.717) is 13.0 Å². The molecule has 0 radical (unpaired) electrons. The Morgan fingerprint density at radius 3 is 2.62 bits per heavy atom. The van der Waals surface area contributed by atoms with Gasteiger partial charge < -0.3 is 15.5 Å². The van der Waals surface area contributed by atoms with Crippen LogP contribution in [0.4, 0.5) is 8.78 Å². The summed E-state index contributed by atoms with van der Waals surface area (Å²) in [6, 6.07) is 2.81. The van der Waals surface area contributed by atoms with E-state index in [1.165, 1.54) is 6.07 Å². The Labute approximate surface area is 139 Å².